The normalized spacial score (nSPS) is 10.1. The van der Waals surface area contributed by atoms with E-state index in [9.17, 15) is 4.79 Å². The molecule has 0 radical (unpaired) electrons. The van der Waals surface area contributed by atoms with Gasteiger partial charge in [0.1, 0.15) is 0 Å². The van der Waals surface area contributed by atoms with Crippen molar-refractivity contribution >= 4 is 27.3 Å². The summed E-state index contributed by atoms with van der Waals surface area (Å²) in [7, 11) is 1.76. The maximum atomic E-state index is 11.7. The standard InChI is InChI=1S/C12H14BrNO/c1-8(2)9-4-10(6-11(13)5-9)12(15)7-14-3/h4-6,14H,1,7H2,2-3H3. The predicted molar refractivity (Wildman–Crippen MR) is 67.1 cm³/mol. The predicted octanol–water partition coefficient (Wildman–Crippen LogP) is 2.88. The third-order valence-electron chi connectivity index (χ3n) is 2.05. The summed E-state index contributed by atoms with van der Waals surface area (Å²) in [6.45, 7) is 6.14. The fourth-order valence-corrected chi connectivity index (χ4v) is 1.75. The topological polar surface area (TPSA) is 29.1 Å². The lowest BCUT2D eigenvalue weighted by molar-refractivity contribution is 0.0993. The highest BCUT2D eigenvalue weighted by Crippen LogP contribution is 2.20. The van der Waals surface area contributed by atoms with E-state index >= 15 is 0 Å². The number of hydrogen-bond acceptors (Lipinski definition) is 2. The highest BCUT2D eigenvalue weighted by Gasteiger charge is 2.07. The summed E-state index contributed by atoms with van der Waals surface area (Å²) in [5, 5.41) is 2.85. The number of ketones is 1. The molecule has 0 unspecified atom stereocenters. The Morgan fingerprint density at radius 1 is 1.40 bits per heavy atom. The molecule has 0 saturated heterocycles. The lowest BCUT2D eigenvalue weighted by atomic mass is 10.0. The SMILES string of the molecule is C=C(C)c1cc(Br)cc(C(=O)CNC)c1. The van der Waals surface area contributed by atoms with Gasteiger partial charge in [-0.3, -0.25) is 4.79 Å². The lowest BCUT2D eigenvalue weighted by Gasteiger charge is -2.05. The molecule has 0 heterocycles. The number of carbonyl (C=O) groups excluding carboxylic acids is 1. The van der Waals surface area contributed by atoms with Crippen LogP contribution in [0.25, 0.3) is 5.57 Å². The summed E-state index contributed by atoms with van der Waals surface area (Å²) in [6.07, 6.45) is 0. The summed E-state index contributed by atoms with van der Waals surface area (Å²) >= 11 is 3.39. The molecule has 3 heteroatoms. The molecule has 1 N–H and O–H groups in total. The molecular formula is C12H14BrNO. The first-order valence-corrected chi connectivity index (χ1v) is 5.48. The van der Waals surface area contributed by atoms with E-state index < -0.39 is 0 Å². The van der Waals surface area contributed by atoms with Gasteiger partial charge in [0.05, 0.1) is 6.54 Å². The van der Waals surface area contributed by atoms with Crippen LogP contribution in [0.3, 0.4) is 0 Å². The molecule has 1 rings (SSSR count). The number of nitrogens with one attached hydrogen (secondary N) is 1. The molecule has 80 valence electrons. The quantitative estimate of drug-likeness (QED) is 0.851. The summed E-state index contributed by atoms with van der Waals surface area (Å²) < 4.78 is 0.905. The summed E-state index contributed by atoms with van der Waals surface area (Å²) in [4.78, 5) is 11.7. The van der Waals surface area contributed by atoms with Gasteiger partial charge in [-0.2, -0.15) is 0 Å². The third-order valence-corrected chi connectivity index (χ3v) is 2.51. The highest BCUT2D eigenvalue weighted by atomic mass is 79.9. The zero-order valence-corrected chi connectivity index (χ0v) is 10.5. The van der Waals surface area contributed by atoms with Crippen LogP contribution >= 0.6 is 15.9 Å². The van der Waals surface area contributed by atoms with Crippen molar-refractivity contribution in [2.45, 2.75) is 6.92 Å². The van der Waals surface area contributed by atoms with Gasteiger partial charge in [-0.1, -0.05) is 28.1 Å². The number of allylic oxidation sites excluding steroid dienone is 1. The molecule has 1 aromatic carbocycles. The van der Waals surface area contributed by atoms with Gasteiger partial charge in [-0.25, -0.2) is 0 Å². The Kier molecular flexibility index (Phi) is 4.24. The number of rotatable bonds is 4. The van der Waals surface area contributed by atoms with Gasteiger partial charge in [-0.05, 0) is 37.7 Å². The van der Waals surface area contributed by atoms with Crippen LogP contribution in [0.1, 0.15) is 22.8 Å². The zero-order valence-electron chi connectivity index (χ0n) is 8.93. The molecule has 0 saturated carbocycles. The number of benzene rings is 1. The van der Waals surface area contributed by atoms with E-state index in [4.69, 9.17) is 0 Å². The molecule has 0 atom stereocenters. The van der Waals surface area contributed by atoms with Crippen molar-refractivity contribution in [3.05, 3.63) is 40.4 Å². The summed E-state index contributed by atoms with van der Waals surface area (Å²) in [6, 6.07) is 5.65. The van der Waals surface area contributed by atoms with Gasteiger partial charge in [0.25, 0.3) is 0 Å². The minimum Gasteiger partial charge on any atom is -0.313 e. The van der Waals surface area contributed by atoms with E-state index in [2.05, 4.69) is 27.8 Å². The molecule has 0 bridgehead atoms. The smallest absolute Gasteiger partial charge is 0.176 e. The molecule has 0 fully saturated rings. The average Bonchev–Trinajstić information content (AvgIpc) is 2.17. The Labute approximate surface area is 98.5 Å². The molecule has 0 aliphatic carbocycles. The zero-order chi connectivity index (χ0) is 11.4. The Morgan fingerprint density at radius 2 is 2.00 bits per heavy atom. The number of carbonyl (C=O) groups is 1. The first-order valence-electron chi connectivity index (χ1n) is 4.69. The van der Waals surface area contributed by atoms with Crippen molar-refractivity contribution in [1.82, 2.24) is 5.32 Å². The van der Waals surface area contributed by atoms with Crippen molar-refractivity contribution in [2.75, 3.05) is 13.6 Å². The number of Topliss-reactive ketones (excluding diaryl/α,β-unsaturated/α-hetero) is 1. The Hall–Kier alpha value is -0.930. The van der Waals surface area contributed by atoms with E-state index in [-0.39, 0.29) is 5.78 Å². The van der Waals surface area contributed by atoms with E-state index in [0.29, 0.717) is 12.1 Å². The second-order valence-corrected chi connectivity index (χ2v) is 4.38. The van der Waals surface area contributed by atoms with Crippen molar-refractivity contribution in [3.8, 4) is 0 Å². The van der Waals surface area contributed by atoms with Gasteiger partial charge in [-0.15, -0.1) is 0 Å². The molecule has 0 aliphatic rings. The number of likely N-dealkylation sites (N-methyl/N-ethyl adjacent to an activating group) is 1. The second-order valence-electron chi connectivity index (χ2n) is 3.46. The minimum absolute atomic E-state index is 0.0845. The lowest BCUT2D eigenvalue weighted by Crippen LogP contribution is -2.18. The molecule has 15 heavy (non-hydrogen) atoms. The van der Waals surface area contributed by atoms with Crippen molar-refractivity contribution in [1.29, 1.82) is 0 Å². The Bertz CT molecular complexity index is 399. The van der Waals surface area contributed by atoms with Crippen LogP contribution in [0, 0.1) is 0 Å². The summed E-state index contributed by atoms with van der Waals surface area (Å²) in [5.41, 5.74) is 2.65. The van der Waals surface area contributed by atoms with Gasteiger partial charge < -0.3 is 5.32 Å². The van der Waals surface area contributed by atoms with E-state index in [1.165, 1.54) is 0 Å². The van der Waals surface area contributed by atoms with E-state index in [1.54, 1.807) is 7.05 Å². The van der Waals surface area contributed by atoms with Crippen molar-refractivity contribution in [3.63, 3.8) is 0 Å². The molecule has 0 aliphatic heterocycles. The van der Waals surface area contributed by atoms with Crippen LogP contribution in [0.5, 0.6) is 0 Å². The molecule has 2 nitrogen and oxygen atoms in total. The highest BCUT2D eigenvalue weighted by molar-refractivity contribution is 9.10. The fraction of sp³-hybridized carbons (Fsp3) is 0.250. The molecular weight excluding hydrogens is 254 g/mol. The Morgan fingerprint density at radius 3 is 2.53 bits per heavy atom. The molecule has 0 spiro atoms. The summed E-state index contributed by atoms with van der Waals surface area (Å²) in [5.74, 6) is 0.0845. The van der Waals surface area contributed by atoms with Crippen LogP contribution in [-0.4, -0.2) is 19.4 Å². The molecule has 0 aromatic heterocycles. The van der Waals surface area contributed by atoms with Crippen molar-refractivity contribution < 1.29 is 4.79 Å². The van der Waals surface area contributed by atoms with Crippen LogP contribution in [-0.2, 0) is 0 Å². The first-order chi connectivity index (χ1) is 7.04. The van der Waals surface area contributed by atoms with E-state index in [0.717, 1.165) is 15.6 Å². The van der Waals surface area contributed by atoms with Crippen LogP contribution in [0.4, 0.5) is 0 Å². The van der Waals surface area contributed by atoms with Gasteiger partial charge >= 0.3 is 0 Å². The van der Waals surface area contributed by atoms with E-state index in [1.807, 2.05) is 25.1 Å². The second kappa shape index (κ2) is 5.24. The maximum Gasteiger partial charge on any atom is 0.176 e. The fourth-order valence-electron chi connectivity index (χ4n) is 1.26. The first kappa shape index (κ1) is 12.1. The average molecular weight is 268 g/mol. The van der Waals surface area contributed by atoms with Gasteiger partial charge in [0, 0.05) is 10.0 Å². The number of halogens is 1. The Balaban J connectivity index is 3.09. The molecule has 1 aromatic rings. The van der Waals surface area contributed by atoms with Gasteiger partial charge in [0.2, 0.25) is 0 Å². The van der Waals surface area contributed by atoms with Crippen LogP contribution in [0.2, 0.25) is 0 Å². The maximum absolute atomic E-state index is 11.7. The van der Waals surface area contributed by atoms with Crippen LogP contribution in [0.15, 0.2) is 29.3 Å². The monoisotopic (exact) mass is 267 g/mol. The van der Waals surface area contributed by atoms with Crippen molar-refractivity contribution in [2.24, 2.45) is 0 Å². The minimum atomic E-state index is 0.0845. The van der Waals surface area contributed by atoms with Gasteiger partial charge in [0.15, 0.2) is 5.78 Å². The molecule has 0 amide bonds. The number of hydrogen-bond donors (Lipinski definition) is 1. The van der Waals surface area contributed by atoms with Crippen LogP contribution < -0.4 is 5.32 Å². The third kappa shape index (κ3) is 3.29. The largest absolute Gasteiger partial charge is 0.313 e.